The zero-order valence-electron chi connectivity index (χ0n) is 10.2. The first kappa shape index (κ1) is 11.5. The van der Waals surface area contributed by atoms with Gasteiger partial charge in [-0.15, -0.1) is 0 Å². The number of rotatable bonds is 2. The molecule has 0 aromatic heterocycles. The molecule has 1 unspecified atom stereocenters. The van der Waals surface area contributed by atoms with Crippen LogP contribution < -0.4 is 10.6 Å². The molecule has 0 radical (unpaired) electrons. The Labute approximate surface area is 111 Å². The van der Waals surface area contributed by atoms with Crippen LogP contribution in [0, 0.1) is 0 Å². The summed E-state index contributed by atoms with van der Waals surface area (Å²) in [6.07, 6.45) is 1.89. The monoisotopic (exact) mass is 254 g/mol. The third kappa shape index (κ3) is 2.20. The molecule has 3 rings (SSSR count). The highest BCUT2D eigenvalue weighted by Crippen LogP contribution is 2.29. The summed E-state index contributed by atoms with van der Waals surface area (Å²) < 4.78 is 0. The van der Waals surface area contributed by atoms with E-state index in [9.17, 15) is 10.2 Å². The first-order valence-corrected chi connectivity index (χ1v) is 6.04. The van der Waals surface area contributed by atoms with Crippen molar-refractivity contribution in [1.29, 1.82) is 0 Å². The average molecular weight is 254 g/mol. The van der Waals surface area contributed by atoms with Crippen molar-refractivity contribution in [3.05, 3.63) is 65.9 Å². The average Bonchev–Trinajstić information content (AvgIpc) is 2.93. The lowest BCUT2D eigenvalue weighted by Crippen LogP contribution is -2.22. The number of benzene rings is 2. The molecule has 1 heterocycles. The minimum absolute atomic E-state index is 0.0205. The molecule has 1 atom stereocenters. The number of nitrogens with one attached hydrogen (secondary N) is 2. The Morgan fingerprint density at radius 2 is 1.68 bits per heavy atom. The van der Waals surface area contributed by atoms with Crippen molar-refractivity contribution in [2.24, 2.45) is 0 Å². The van der Waals surface area contributed by atoms with Crippen molar-refractivity contribution in [3.63, 3.8) is 0 Å². The molecule has 0 aliphatic carbocycles. The second-order valence-electron chi connectivity index (χ2n) is 4.42. The molecule has 0 saturated heterocycles. The summed E-state index contributed by atoms with van der Waals surface area (Å²) in [6, 6.07) is 14.8. The normalized spacial score (nSPS) is 17.5. The van der Waals surface area contributed by atoms with Gasteiger partial charge >= 0.3 is 0 Å². The highest BCUT2D eigenvalue weighted by Gasteiger charge is 2.18. The molecule has 1 aliphatic rings. The maximum absolute atomic E-state index is 9.52. The predicted octanol–water partition coefficient (Wildman–Crippen LogP) is 2.29. The number of aromatic hydroxyl groups is 2. The summed E-state index contributed by atoms with van der Waals surface area (Å²) >= 11 is 0. The maximum atomic E-state index is 9.52. The summed E-state index contributed by atoms with van der Waals surface area (Å²) in [4.78, 5) is 0. The highest BCUT2D eigenvalue weighted by atomic mass is 16.3. The molecule has 4 nitrogen and oxygen atoms in total. The molecule has 2 aromatic rings. The molecular formula is C15H14N2O2. The molecule has 0 spiro atoms. The molecule has 0 amide bonds. The van der Waals surface area contributed by atoms with E-state index in [1.54, 1.807) is 6.07 Å². The zero-order valence-corrected chi connectivity index (χ0v) is 10.2. The van der Waals surface area contributed by atoms with Crippen molar-refractivity contribution in [3.8, 4) is 11.5 Å². The van der Waals surface area contributed by atoms with E-state index in [-0.39, 0.29) is 17.7 Å². The van der Waals surface area contributed by atoms with E-state index in [1.165, 1.54) is 12.1 Å². The second kappa shape index (κ2) is 4.57. The molecule has 1 aliphatic heterocycles. The van der Waals surface area contributed by atoms with Gasteiger partial charge in [0.2, 0.25) is 0 Å². The molecule has 19 heavy (non-hydrogen) atoms. The Hall–Kier alpha value is -2.62. The van der Waals surface area contributed by atoms with Crippen molar-refractivity contribution < 1.29 is 10.2 Å². The standard InChI is InChI=1S/C15H14N2O2/c18-13-7-6-11(8-14(13)19)12-9-16-15(17-12)10-4-2-1-3-5-10/h1-9,15-19H. The minimum Gasteiger partial charge on any atom is -0.504 e. The van der Waals surface area contributed by atoms with Gasteiger partial charge < -0.3 is 20.8 Å². The number of phenols is 2. The lowest BCUT2D eigenvalue weighted by molar-refractivity contribution is 0.403. The van der Waals surface area contributed by atoms with Gasteiger partial charge in [0.25, 0.3) is 0 Å². The second-order valence-corrected chi connectivity index (χ2v) is 4.42. The molecule has 0 fully saturated rings. The fourth-order valence-electron chi connectivity index (χ4n) is 2.09. The van der Waals surface area contributed by atoms with E-state index in [4.69, 9.17) is 0 Å². The molecule has 4 heteroatoms. The summed E-state index contributed by atoms with van der Waals surface area (Å²) in [6.45, 7) is 0. The number of hydrogen-bond acceptors (Lipinski definition) is 4. The minimum atomic E-state index is -0.122. The van der Waals surface area contributed by atoms with E-state index >= 15 is 0 Å². The van der Waals surface area contributed by atoms with Gasteiger partial charge in [0.1, 0.15) is 6.17 Å². The Morgan fingerprint density at radius 3 is 2.42 bits per heavy atom. The van der Waals surface area contributed by atoms with Gasteiger partial charge in [-0.3, -0.25) is 0 Å². The third-order valence-electron chi connectivity index (χ3n) is 3.11. The number of phenolic OH excluding ortho intramolecular Hbond substituents is 2. The van der Waals surface area contributed by atoms with Crippen LogP contribution in [0.15, 0.2) is 54.7 Å². The Kier molecular flexibility index (Phi) is 2.76. The van der Waals surface area contributed by atoms with Crippen LogP contribution in [-0.2, 0) is 0 Å². The fourth-order valence-corrected chi connectivity index (χ4v) is 2.09. The lowest BCUT2D eigenvalue weighted by Gasteiger charge is -2.14. The largest absolute Gasteiger partial charge is 0.504 e. The molecule has 0 bridgehead atoms. The zero-order chi connectivity index (χ0) is 13.2. The van der Waals surface area contributed by atoms with Crippen LogP contribution in [-0.4, -0.2) is 10.2 Å². The fraction of sp³-hybridized carbons (Fsp3) is 0.0667. The smallest absolute Gasteiger partial charge is 0.158 e. The van der Waals surface area contributed by atoms with Crippen molar-refractivity contribution >= 4 is 5.70 Å². The molecule has 0 saturated carbocycles. The summed E-state index contributed by atoms with van der Waals surface area (Å²) in [7, 11) is 0. The van der Waals surface area contributed by atoms with Gasteiger partial charge in [-0.2, -0.15) is 0 Å². The molecule has 2 aromatic carbocycles. The molecule has 96 valence electrons. The van der Waals surface area contributed by atoms with Gasteiger partial charge in [0, 0.05) is 11.8 Å². The van der Waals surface area contributed by atoms with Crippen molar-refractivity contribution in [2.45, 2.75) is 6.17 Å². The van der Waals surface area contributed by atoms with Crippen LogP contribution in [0.5, 0.6) is 11.5 Å². The SMILES string of the molecule is Oc1ccc(C2=CNC(c3ccccc3)N2)cc1O. The predicted molar refractivity (Wildman–Crippen MR) is 73.2 cm³/mol. The van der Waals surface area contributed by atoms with Gasteiger partial charge in [0.15, 0.2) is 11.5 Å². The number of hydrogen-bond donors (Lipinski definition) is 4. The van der Waals surface area contributed by atoms with Gasteiger partial charge in [-0.1, -0.05) is 30.3 Å². The summed E-state index contributed by atoms with van der Waals surface area (Å²) in [5.41, 5.74) is 2.84. The van der Waals surface area contributed by atoms with Gasteiger partial charge in [-0.05, 0) is 23.8 Å². The lowest BCUT2D eigenvalue weighted by atomic mass is 10.1. The van der Waals surface area contributed by atoms with Crippen molar-refractivity contribution in [2.75, 3.05) is 0 Å². The van der Waals surface area contributed by atoms with Gasteiger partial charge in [-0.25, -0.2) is 0 Å². The highest BCUT2D eigenvalue weighted by molar-refractivity contribution is 5.68. The van der Waals surface area contributed by atoms with E-state index in [0.717, 1.165) is 16.8 Å². The van der Waals surface area contributed by atoms with Crippen LogP contribution in [0.25, 0.3) is 5.70 Å². The first-order valence-electron chi connectivity index (χ1n) is 6.04. The Morgan fingerprint density at radius 1 is 0.895 bits per heavy atom. The first-order chi connectivity index (χ1) is 9.24. The van der Waals surface area contributed by atoms with Crippen molar-refractivity contribution in [1.82, 2.24) is 10.6 Å². The van der Waals surface area contributed by atoms with E-state index in [2.05, 4.69) is 10.6 Å². The summed E-state index contributed by atoms with van der Waals surface area (Å²) in [5, 5.41) is 25.4. The summed E-state index contributed by atoms with van der Waals surface area (Å²) in [5.74, 6) is -0.238. The van der Waals surface area contributed by atoms with Crippen LogP contribution in [0.4, 0.5) is 0 Å². The molecule has 4 N–H and O–H groups in total. The van der Waals surface area contributed by atoms with Crippen LogP contribution >= 0.6 is 0 Å². The van der Waals surface area contributed by atoms with Crippen LogP contribution in [0.2, 0.25) is 0 Å². The molecular weight excluding hydrogens is 240 g/mol. The van der Waals surface area contributed by atoms with E-state index < -0.39 is 0 Å². The van der Waals surface area contributed by atoms with Crippen LogP contribution in [0.1, 0.15) is 17.3 Å². The third-order valence-corrected chi connectivity index (χ3v) is 3.11. The van der Waals surface area contributed by atoms with E-state index in [1.807, 2.05) is 36.5 Å². The Bertz CT molecular complexity index is 623. The topological polar surface area (TPSA) is 64.5 Å². The Balaban J connectivity index is 1.80. The van der Waals surface area contributed by atoms with Gasteiger partial charge in [0.05, 0.1) is 5.70 Å². The maximum Gasteiger partial charge on any atom is 0.158 e. The van der Waals surface area contributed by atoms with Crippen LogP contribution in [0.3, 0.4) is 0 Å². The quantitative estimate of drug-likeness (QED) is 0.621. The van der Waals surface area contributed by atoms with E-state index in [0.29, 0.717) is 0 Å².